The predicted molar refractivity (Wildman–Crippen MR) is 77.2 cm³/mol. The fraction of sp³-hybridized carbons (Fsp3) is 0.929. The molecular weight excluding hydrogens is 228 g/mol. The molecule has 2 fully saturated rings. The van der Waals surface area contributed by atoms with Gasteiger partial charge in [0.25, 0.3) is 0 Å². The number of nitrogens with zero attached hydrogens (tertiary/aromatic N) is 1. The van der Waals surface area contributed by atoms with Gasteiger partial charge in [-0.2, -0.15) is 0 Å². The molecule has 98 valence electrons. The summed E-state index contributed by atoms with van der Waals surface area (Å²) < 4.78 is 0. The molecule has 2 rings (SSSR count). The molecule has 2 unspecified atom stereocenters. The van der Waals surface area contributed by atoms with E-state index in [9.17, 15) is 0 Å². The molecule has 17 heavy (non-hydrogen) atoms. The van der Waals surface area contributed by atoms with Gasteiger partial charge in [-0.3, -0.25) is 0 Å². The predicted octanol–water partition coefficient (Wildman–Crippen LogP) is 3.31. The smallest absolute Gasteiger partial charge is 0.169 e. The monoisotopic (exact) mass is 254 g/mol. The Morgan fingerprint density at radius 3 is 2.29 bits per heavy atom. The molecule has 2 saturated carbocycles. The van der Waals surface area contributed by atoms with Crippen molar-refractivity contribution in [1.29, 1.82) is 0 Å². The van der Waals surface area contributed by atoms with Crippen molar-refractivity contribution in [2.24, 2.45) is 5.92 Å². The molecule has 0 saturated heterocycles. The summed E-state index contributed by atoms with van der Waals surface area (Å²) >= 11 is 5.56. The summed E-state index contributed by atoms with van der Waals surface area (Å²) in [5, 5.41) is 4.54. The second-order valence-corrected chi connectivity index (χ2v) is 6.26. The SMILES string of the molecule is CC1CCCCC1N(C)C(=S)NC1CCCC1. The Hall–Kier alpha value is -0.310. The van der Waals surface area contributed by atoms with E-state index in [0.717, 1.165) is 11.0 Å². The quantitative estimate of drug-likeness (QED) is 0.761. The Morgan fingerprint density at radius 2 is 1.65 bits per heavy atom. The van der Waals surface area contributed by atoms with Gasteiger partial charge in [0.2, 0.25) is 0 Å². The van der Waals surface area contributed by atoms with Gasteiger partial charge in [-0.25, -0.2) is 0 Å². The molecule has 0 aliphatic heterocycles. The van der Waals surface area contributed by atoms with Crippen LogP contribution in [0.5, 0.6) is 0 Å². The molecular formula is C14H26N2S. The second-order valence-electron chi connectivity index (χ2n) is 5.87. The summed E-state index contributed by atoms with van der Waals surface area (Å²) in [5.74, 6) is 0.789. The number of nitrogens with one attached hydrogen (secondary N) is 1. The summed E-state index contributed by atoms with van der Waals surface area (Å²) in [7, 11) is 2.18. The number of thiocarbonyl (C=S) groups is 1. The van der Waals surface area contributed by atoms with E-state index in [1.165, 1.54) is 51.4 Å². The van der Waals surface area contributed by atoms with Crippen molar-refractivity contribution in [2.75, 3.05) is 7.05 Å². The van der Waals surface area contributed by atoms with E-state index in [-0.39, 0.29) is 0 Å². The van der Waals surface area contributed by atoms with E-state index in [1.54, 1.807) is 0 Å². The van der Waals surface area contributed by atoms with E-state index in [4.69, 9.17) is 12.2 Å². The maximum Gasteiger partial charge on any atom is 0.169 e. The third-order valence-electron chi connectivity index (χ3n) is 4.57. The maximum absolute atomic E-state index is 5.56. The Labute approximate surface area is 111 Å². The van der Waals surface area contributed by atoms with Crippen LogP contribution in [-0.4, -0.2) is 29.1 Å². The molecule has 0 spiro atoms. The second kappa shape index (κ2) is 6.03. The maximum atomic E-state index is 5.56. The molecule has 0 radical (unpaired) electrons. The minimum absolute atomic E-state index is 0.642. The van der Waals surface area contributed by atoms with Gasteiger partial charge in [-0.05, 0) is 43.8 Å². The molecule has 0 aromatic carbocycles. The minimum Gasteiger partial charge on any atom is -0.360 e. The highest BCUT2D eigenvalue weighted by molar-refractivity contribution is 7.80. The molecule has 1 N–H and O–H groups in total. The molecule has 0 aromatic rings. The van der Waals surface area contributed by atoms with Crippen molar-refractivity contribution in [3.8, 4) is 0 Å². The molecule has 0 amide bonds. The van der Waals surface area contributed by atoms with Gasteiger partial charge in [0.15, 0.2) is 5.11 Å². The first-order chi connectivity index (χ1) is 8.18. The largest absolute Gasteiger partial charge is 0.360 e. The Kier molecular flexibility index (Phi) is 4.66. The molecule has 0 bridgehead atoms. The summed E-state index contributed by atoms with van der Waals surface area (Å²) in [5.41, 5.74) is 0. The average Bonchev–Trinajstić information content (AvgIpc) is 2.81. The summed E-state index contributed by atoms with van der Waals surface area (Å²) in [6, 6.07) is 1.30. The third kappa shape index (κ3) is 3.34. The van der Waals surface area contributed by atoms with Gasteiger partial charge >= 0.3 is 0 Å². The third-order valence-corrected chi connectivity index (χ3v) is 4.97. The zero-order valence-electron chi connectivity index (χ0n) is 11.2. The normalized spacial score (nSPS) is 30.2. The molecule has 2 aliphatic carbocycles. The lowest BCUT2D eigenvalue weighted by atomic mass is 9.85. The molecule has 3 heteroatoms. The van der Waals surface area contributed by atoms with Crippen molar-refractivity contribution in [1.82, 2.24) is 10.2 Å². The Balaban J connectivity index is 1.84. The van der Waals surface area contributed by atoms with Gasteiger partial charge in [0.05, 0.1) is 0 Å². The van der Waals surface area contributed by atoms with Crippen LogP contribution in [0.1, 0.15) is 58.3 Å². The Bertz CT molecular complexity index is 261. The molecule has 2 atom stereocenters. The van der Waals surface area contributed by atoms with E-state index < -0.39 is 0 Å². The summed E-state index contributed by atoms with van der Waals surface area (Å²) in [4.78, 5) is 2.33. The average molecular weight is 254 g/mol. The fourth-order valence-electron chi connectivity index (χ4n) is 3.37. The molecule has 0 aromatic heterocycles. The molecule has 2 nitrogen and oxygen atoms in total. The number of hydrogen-bond acceptors (Lipinski definition) is 1. The highest BCUT2D eigenvalue weighted by atomic mass is 32.1. The standard InChI is InChI=1S/C14H26N2S/c1-11-7-3-6-10-13(11)16(2)14(17)15-12-8-4-5-9-12/h11-13H,3-10H2,1-2H3,(H,15,17). The lowest BCUT2D eigenvalue weighted by molar-refractivity contribution is 0.203. The molecule has 0 heterocycles. The minimum atomic E-state index is 0.642. The highest BCUT2D eigenvalue weighted by Gasteiger charge is 2.27. The topological polar surface area (TPSA) is 15.3 Å². The van der Waals surface area contributed by atoms with Crippen LogP contribution in [0.4, 0.5) is 0 Å². The van der Waals surface area contributed by atoms with Crippen molar-refractivity contribution in [2.45, 2.75) is 70.4 Å². The first-order valence-electron chi connectivity index (χ1n) is 7.22. The fourth-order valence-corrected chi connectivity index (χ4v) is 3.67. The van der Waals surface area contributed by atoms with Gasteiger partial charge < -0.3 is 10.2 Å². The zero-order chi connectivity index (χ0) is 12.3. The van der Waals surface area contributed by atoms with E-state index in [2.05, 4.69) is 24.2 Å². The van der Waals surface area contributed by atoms with E-state index in [1.807, 2.05) is 0 Å². The van der Waals surface area contributed by atoms with Crippen LogP contribution in [0.25, 0.3) is 0 Å². The van der Waals surface area contributed by atoms with Gasteiger partial charge in [0, 0.05) is 19.1 Å². The zero-order valence-corrected chi connectivity index (χ0v) is 12.1. The van der Waals surface area contributed by atoms with E-state index in [0.29, 0.717) is 12.1 Å². The number of rotatable bonds is 2. The van der Waals surface area contributed by atoms with E-state index >= 15 is 0 Å². The first-order valence-corrected chi connectivity index (χ1v) is 7.62. The first kappa shape index (κ1) is 13.1. The van der Waals surface area contributed by atoms with Crippen molar-refractivity contribution in [3.05, 3.63) is 0 Å². The lowest BCUT2D eigenvalue weighted by Gasteiger charge is -2.38. The van der Waals surface area contributed by atoms with Gasteiger partial charge in [-0.15, -0.1) is 0 Å². The van der Waals surface area contributed by atoms with Crippen LogP contribution < -0.4 is 5.32 Å². The van der Waals surface area contributed by atoms with Crippen molar-refractivity contribution >= 4 is 17.3 Å². The van der Waals surface area contributed by atoms with Crippen LogP contribution in [-0.2, 0) is 0 Å². The van der Waals surface area contributed by atoms with Crippen LogP contribution in [0.15, 0.2) is 0 Å². The van der Waals surface area contributed by atoms with Crippen LogP contribution in [0.2, 0.25) is 0 Å². The lowest BCUT2D eigenvalue weighted by Crippen LogP contribution is -2.49. The summed E-state index contributed by atoms with van der Waals surface area (Å²) in [6.07, 6.45) is 10.8. The van der Waals surface area contributed by atoms with Gasteiger partial charge in [-0.1, -0.05) is 32.6 Å². The molecule has 2 aliphatic rings. The van der Waals surface area contributed by atoms with Crippen LogP contribution in [0, 0.1) is 5.92 Å². The Morgan fingerprint density at radius 1 is 1.06 bits per heavy atom. The van der Waals surface area contributed by atoms with Crippen molar-refractivity contribution in [3.63, 3.8) is 0 Å². The van der Waals surface area contributed by atoms with Crippen LogP contribution >= 0.6 is 12.2 Å². The highest BCUT2D eigenvalue weighted by Crippen LogP contribution is 2.27. The number of hydrogen-bond donors (Lipinski definition) is 1. The summed E-state index contributed by atoms with van der Waals surface area (Å²) in [6.45, 7) is 2.37. The van der Waals surface area contributed by atoms with Crippen molar-refractivity contribution < 1.29 is 0 Å². The van der Waals surface area contributed by atoms with Gasteiger partial charge in [0.1, 0.15) is 0 Å². The van der Waals surface area contributed by atoms with Crippen LogP contribution in [0.3, 0.4) is 0 Å².